The molecule has 178 valence electrons. The van der Waals surface area contributed by atoms with Crippen molar-refractivity contribution in [2.45, 2.75) is 57.9 Å². The normalized spacial score (nSPS) is 15.0. The molecule has 0 unspecified atom stereocenters. The van der Waals surface area contributed by atoms with E-state index in [2.05, 4.69) is 17.5 Å². The molecule has 0 spiro atoms. The molecule has 1 atom stereocenters. The van der Waals surface area contributed by atoms with E-state index in [4.69, 9.17) is 0 Å². The molecule has 1 fully saturated rings. The van der Waals surface area contributed by atoms with Gasteiger partial charge >= 0.3 is 24.8 Å². The summed E-state index contributed by atoms with van der Waals surface area (Å²) in [6.45, 7) is 2.03. The molecule has 1 aliphatic rings. The van der Waals surface area contributed by atoms with Crippen molar-refractivity contribution in [1.82, 2.24) is 5.32 Å². The fraction of sp³-hybridized carbons (Fsp3) is 0.429. The third kappa shape index (κ3) is 8.08. The number of aliphatic carboxylic acids is 1. The fourth-order valence-corrected chi connectivity index (χ4v) is 4.98. The number of aryl methyl sites for hydroxylation is 1. The summed E-state index contributed by atoms with van der Waals surface area (Å²) in [5.41, 5.74) is 4.45. The first-order valence-corrected chi connectivity index (χ1v) is 13.3. The van der Waals surface area contributed by atoms with Gasteiger partial charge in [-0.2, -0.15) is 11.8 Å². The standard InChI is InChI=1S/C28H35NO3S.Li.H/c1-20-9-6-7-14-23(20)25-19-22(13-8-12-21-10-4-3-5-11-21)15-16-24(25)27(30)29-26(28(31)32)17-18-33-2;;/h6-9,13-16,19,21,26H,3-5,10-12,17-18H2,1-2H3,(H,29,30)(H,31,32);;/q;+1;-1/t26-;;/m0../s1. The Bertz CT molecular complexity index is 992. The number of rotatable bonds is 10. The van der Waals surface area contributed by atoms with Gasteiger partial charge in [0, 0.05) is 5.56 Å². The molecule has 1 amide bonds. The van der Waals surface area contributed by atoms with Gasteiger partial charge in [0.2, 0.25) is 0 Å². The Kier molecular flexibility index (Phi) is 12.0. The first kappa shape index (κ1) is 28.3. The van der Waals surface area contributed by atoms with E-state index in [1.807, 2.05) is 55.6 Å². The summed E-state index contributed by atoms with van der Waals surface area (Å²) < 4.78 is 0. The summed E-state index contributed by atoms with van der Waals surface area (Å²) in [6.07, 6.45) is 14.5. The van der Waals surface area contributed by atoms with Gasteiger partial charge in [-0.1, -0.05) is 74.6 Å². The van der Waals surface area contributed by atoms with E-state index >= 15 is 0 Å². The van der Waals surface area contributed by atoms with Crippen molar-refractivity contribution in [2.24, 2.45) is 5.92 Å². The van der Waals surface area contributed by atoms with Crippen molar-refractivity contribution in [1.29, 1.82) is 0 Å². The Balaban J connectivity index is 0.00000306. The van der Waals surface area contributed by atoms with E-state index in [0.29, 0.717) is 17.7 Å². The van der Waals surface area contributed by atoms with Crippen LogP contribution in [0.5, 0.6) is 0 Å². The first-order valence-electron chi connectivity index (χ1n) is 11.9. The van der Waals surface area contributed by atoms with Gasteiger partial charge in [-0.15, -0.1) is 0 Å². The number of nitrogens with one attached hydrogen (secondary N) is 1. The zero-order chi connectivity index (χ0) is 23.6. The first-order chi connectivity index (χ1) is 16.0. The van der Waals surface area contributed by atoms with Crippen molar-refractivity contribution in [3.05, 3.63) is 65.2 Å². The third-order valence-corrected chi connectivity index (χ3v) is 7.09. The van der Waals surface area contributed by atoms with Crippen LogP contribution in [0.15, 0.2) is 48.5 Å². The molecule has 2 N–H and O–H groups in total. The summed E-state index contributed by atoms with van der Waals surface area (Å²) in [4.78, 5) is 24.8. The van der Waals surface area contributed by atoms with Crippen molar-refractivity contribution in [2.75, 3.05) is 12.0 Å². The number of carboxylic acid groups (broad SMARTS) is 1. The van der Waals surface area contributed by atoms with Gasteiger partial charge in [0.05, 0.1) is 0 Å². The number of carbonyl (C=O) groups excluding carboxylic acids is 1. The number of carboxylic acids is 1. The van der Waals surface area contributed by atoms with E-state index in [0.717, 1.165) is 34.6 Å². The number of hydrogen-bond acceptors (Lipinski definition) is 3. The fourth-order valence-electron chi connectivity index (χ4n) is 4.51. The maximum Gasteiger partial charge on any atom is 1.00 e. The minimum Gasteiger partial charge on any atom is -1.00 e. The van der Waals surface area contributed by atoms with Crippen LogP contribution in [0.1, 0.15) is 67.9 Å². The number of benzene rings is 2. The van der Waals surface area contributed by atoms with E-state index in [1.54, 1.807) is 11.8 Å². The largest absolute Gasteiger partial charge is 1.00 e. The van der Waals surface area contributed by atoms with Crippen LogP contribution in [0.4, 0.5) is 0 Å². The molecule has 1 aliphatic carbocycles. The molecular formula is C28H36LiNO3S. The van der Waals surface area contributed by atoms with Gasteiger partial charge < -0.3 is 11.8 Å². The molecule has 3 rings (SSSR count). The third-order valence-electron chi connectivity index (χ3n) is 6.44. The maximum absolute atomic E-state index is 13.2. The van der Waals surface area contributed by atoms with Crippen LogP contribution in [0.2, 0.25) is 0 Å². The summed E-state index contributed by atoms with van der Waals surface area (Å²) in [7, 11) is 0. The average Bonchev–Trinajstić information content (AvgIpc) is 2.82. The predicted molar refractivity (Wildman–Crippen MR) is 140 cm³/mol. The predicted octanol–water partition coefficient (Wildman–Crippen LogP) is 3.70. The Hall–Kier alpha value is -1.93. The van der Waals surface area contributed by atoms with Gasteiger partial charge in [0.15, 0.2) is 0 Å². The van der Waals surface area contributed by atoms with Crippen LogP contribution >= 0.6 is 11.8 Å². The van der Waals surface area contributed by atoms with Crippen molar-refractivity contribution in [3.8, 4) is 11.1 Å². The Morgan fingerprint density at radius 3 is 2.56 bits per heavy atom. The van der Waals surface area contributed by atoms with Crippen LogP contribution in [-0.4, -0.2) is 35.0 Å². The SMILES string of the molecule is CSCC[C@H](NC(=O)c1ccc(C=CCC2CCCCC2)cc1-c1ccccc1C)C(=O)O.[H-].[Li+]. The van der Waals surface area contributed by atoms with E-state index < -0.39 is 12.0 Å². The zero-order valence-corrected chi connectivity index (χ0v) is 21.5. The Morgan fingerprint density at radius 1 is 1.15 bits per heavy atom. The summed E-state index contributed by atoms with van der Waals surface area (Å²) in [6, 6.07) is 12.9. The van der Waals surface area contributed by atoms with E-state index in [-0.39, 0.29) is 26.2 Å². The van der Waals surface area contributed by atoms with Crippen LogP contribution in [0.3, 0.4) is 0 Å². The maximum atomic E-state index is 13.2. The molecule has 1 saturated carbocycles. The number of hydrogen-bond donors (Lipinski definition) is 2. The number of allylic oxidation sites excluding steroid dienone is 1. The van der Waals surface area contributed by atoms with Gasteiger partial charge in [0.1, 0.15) is 6.04 Å². The van der Waals surface area contributed by atoms with Crippen LogP contribution in [0.25, 0.3) is 17.2 Å². The number of carbonyl (C=O) groups is 2. The van der Waals surface area contributed by atoms with Gasteiger partial charge in [0.25, 0.3) is 5.91 Å². The van der Waals surface area contributed by atoms with Gasteiger partial charge in [-0.25, -0.2) is 4.79 Å². The molecular weight excluding hydrogens is 437 g/mol. The minimum absolute atomic E-state index is 0. The molecule has 0 bridgehead atoms. The van der Waals surface area contributed by atoms with E-state index in [1.165, 1.54) is 32.1 Å². The molecule has 4 nitrogen and oxygen atoms in total. The van der Waals surface area contributed by atoms with Crippen molar-refractivity contribution >= 4 is 29.7 Å². The van der Waals surface area contributed by atoms with Crippen molar-refractivity contribution in [3.63, 3.8) is 0 Å². The van der Waals surface area contributed by atoms with Gasteiger partial charge in [-0.3, -0.25) is 4.79 Å². The molecule has 0 aliphatic heterocycles. The summed E-state index contributed by atoms with van der Waals surface area (Å²) >= 11 is 1.57. The second-order valence-corrected chi connectivity index (χ2v) is 9.89. The topological polar surface area (TPSA) is 66.4 Å². The molecule has 6 heteroatoms. The summed E-state index contributed by atoms with van der Waals surface area (Å²) in [5.74, 6) is 0.105. The molecule has 2 aromatic carbocycles. The Labute approximate surface area is 221 Å². The second kappa shape index (κ2) is 14.5. The molecule has 0 aromatic heterocycles. The Morgan fingerprint density at radius 2 is 1.88 bits per heavy atom. The molecule has 2 aromatic rings. The van der Waals surface area contributed by atoms with Gasteiger partial charge in [-0.05, 0) is 72.1 Å². The summed E-state index contributed by atoms with van der Waals surface area (Å²) in [5, 5.41) is 12.3. The van der Waals surface area contributed by atoms with Crippen molar-refractivity contribution < 1.29 is 35.0 Å². The van der Waals surface area contributed by atoms with Crippen LogP contribution in [0, 0.1) is 12.8 Å². The molecule has 34 heavy (non-hydrogen) atoms. The minimum atomic E-state index is -1.00. The van der Waals surface area contributed by atoms with Crippen LogP contribution < -0.4 is 24.2 Å². The zero-order valence-electron chi connectivity index (χ0n) is 21.7. The second-order valence-electron chi connectivity index (χ2n) is 8.91. The molecule has 0 radical (unpaired) electrons. The van der Waals surface area contributed by atoms with Crippen LogP contribution in [-0.2, 0) is 4.79 Å². The van der Waals surface area contributed by atoms with E-state index in [9.17, 15) is 14.7 Å². The smallest absolute Gasteiger partial charge is 1.00 e. The average molecular weight is 474 g/mol. The molecule has 0 saturated heterocycles. The number of amides is 1. The number of thioether (sulfide) groups is 1. The quantitative estimate of drug-likeness (QED) is 0.517. The monoisotopic (exact) mass is 473 g/mol. The molecule has 0 heterocycles.